The number of rotatable bonds is 4. The van der Waals surface area contributed by atoms with Gasteiger partial charge in [0.25, 0.3) is 0 Å². The van der Waals surface area contributed by atoms with E-state index in [0.29, 0.717) is 6.10 Å². The van der Waals surface area contributed by atoms with Gasteiger partial charge in [-0.2, -0.15) is 0 Å². The second kappa shape index (κ2) is 5.68. The number of ether oxygens (including phenoxy) is 1. The Balaban J connectivity index is 1.71. The maximum Gasteiger partial charge on any atom is 0.0726 e. The van der Waals surface area contributed by atoms with E-state index < -0.39 is 0 Å². The van der Waals surface area contributed by atoms with E-state index in [2.05, 4.69) is 31.1 Å². The summed E-state index contributed by atoms with van der Waals surface area (Å²) in [5, 5.41) is 3.72. The van der Waals surface area contributed by atoms with Crippen LogP contribution in [0.25, 0.3) is 0 Å². The highest BCUT2D eigenvalue weighted by molar-refractivity contribution is 4.93. The van der Waals surface area contributed by atoms with E-state index in [1.165, 1.54) is 32.2 Å². The Bertz CT molecular complexity index is 246. The summed E-state index contributed by atoms with van der Waals surface area (Å²) in [6.07, 6.45) is 6.94. The molecule has 0 aromatic carbocycles. The van der Waals surface area contributed by atoms with Crippen LogP contribution in [0, 0.1) is 0 Å². The Morgan fingerprint density at radius 2 is 2.24 bits per heavy atom. The van der Waals surface area contributed by atoms with Gasteiger partial charge in [-0.3, -0.25) is 0 Å². The second-order valence-electron chi connectivity index (χ2n) is 6.03. The van der Waals surface area contributed by atoms with Crippen LogP contribution in [0.4, 0.5) is 0 Å². The van der Waals surface area contributed by atoms with E-state index in [1.807, 2.05) is 0 Å². The fourth-order valence-electron chi connectivity index (χ4n) is 3.10. The molecule has 3 unspecified atom stereocenters. The van der Waals surface area contributed by atoms with Crippen molar-refractivity contribution >= 4 is 0 Å². The number of piperidine rings is 1. The lowest BCUT2D eigenvalue weighted by molar-refractivity contribution is 0.0868. The van der Waals surface area contributed by atoms with Gasteiger partial charge in [-0.15, -0.1) is 0 Å². The number of hydrogen-bond donors (Lipinski definition) is 1. The van der Waals surface area contributed by atoms with Crippen molar-refractivity contribution in [3.05, 3.63) is 0 Å². The van der Waals surface area contributed by atoms with Crippen LogP contribution in [0.2, 0.25) is 0 Å². The molecule has 17 heavy (non-hydrogen) atoms. The molecule has 0 saturated carbocycles. The topological polar surface area (TPSA) is 24.5 Å². The first-order chi connectivity index (χ1) is 8.12. The van der Waals surface area contributed by atoms with E-state index >= 15 is 0 Å². The summed E-state index contributed by atoms with van der Waals surface area (Å²) in [7, 11) is 2.27. The molecule has 2 heterocycles. The molecule has 3 heteroatoms. The zero-order valence-corrected chi connectivity index (χ0v) is 11.7. The van der Waals surface area contributed by atoms with Crippen molar-refractivity contribution in [2.45, 2.75) is 63.6 Å². The normalized spacial score (nSPS) is 39.7. The molecule has 2 rings (SSSR count). The molecule has 0 radical (unpaired) electrons. The first kappa shape index (κ1) is 13.3. The highest BCUT2D eigenvalue weighted by Gasteiger charge is 2.36. The zero-order chi connectivity index (χ0) is 12.3. The fraction of sp³-hybridized carbons (Fsp3) is 1.00. The van der Waals surface area contributed by atoms with E-state index in [4.69, 9.17) is 4.74 Å². The third-order valence-electron chi connectivity index (χ3n) is 4.81. The van der Waals surface area contributed by atoms with Gasteiger partial charge < -0.3 is 15.0 Å². The van der Waals surface area contributed by atoms with Gasteiger partial charge in [-0.05, 0) is 59.7 Å². The summed E-state index contributed by atoms with van der Waals surface area (Å²) in [5.41, 5.74) is 0.202. The lowest BCUT2D eigenvalue weighted by atomic mass is 9.93. The molecule has 0 amide bonds. The van der Waals surface area contributed by atoms with Gasteiger partial charge in [0.15, 0.2) is 0 Å². The van der Waals surface area contributed by atoms with E-state index in [1.54, 1.807) is 0 Å². The molecule has 0 aliphatic carbocycles. The van der Waals surface area contributed by atoms with Gasteiger partial charge in [-0.1, -0.05) is 6.42 Å². The summed E-state index contributed by atoms with van der Waals surface area (Å²) in [4.78, 5) is 2.53. The fourth-order valence-corrected chi connectivity index (χ4v) is 3.10. The molecule has 0 aromatic rings. The smallest absolute Gasteiger partial charge is 0.0726 e. The largest absolute Gasteiger partial charge is 0.377 e. The lowest BCUT2D eigenvalue weighted by Crippen LogP contribution is -2.49. The summed E-state index contributed by atoms with van der Waals surface area (Å²) < 4.78 is 5.66. The predicted octanol–water partition coefficient (Wildman–Crippen LogP) is 2.02. The summed E-state index contributed by atoms with van der Waals surface area (Å²) in [6, 6.07) is 0.789. The summed E-state index contributed by atoms with van der Waals surface area (Å²) in [6.45, 7) is 7.80. The molecule has 2 saturated heterocycles. The van der Waals surface area contributed by atoms with E-state index in [9.17, 15) is 0 Å². The summed E-state index contributed by atoms with van der Waals surface area (Å²) >= 11 is 0. The summed E-state index contributed by atoms with van der Waals surface area (Å²) in [5.74, 6) is 0. The molecule has 0 bridgehead atoms. The molecule has 3 nitrogen and oxygen atoms in total. The average Bonchev–Trinajstić information content (AvgIpc) is 2.62. The van der Waals surface area contributed by atoms with Gasteiger partial charge >= 0.3 is 0 Å². The molecule has 2 aliphatic heterocycles. The van der Waals surface area contributed by atoms with Gasteiger partial charge in [0.05, 0.1) is 6.10 Å². The third-order valence-corrected chi connectivity index (χ3v) is 4.81. The molecule has 100 valence electrons. The Labute approximate surface area is 106 Å². The number of likely N-dealkylation sites (tertiary alicyclic amines) is 1. The van der Waals surface area contributed by atoms with Crippen molar-refractivity contribution in [3.63, 3.8) is 0 Å². The van der Waals surface area contributed by atoms with E-state index in [-0.39, 0.29) is 5.54 Å². The van der Waals surface area contributed by atoms with Crippen LogP contribution in [-0.4, -0.2) is 49.3 Å². The van der Waals surface area contributed by atoms with Crippen LogP contribution in [0.3, 0.4) is 0 Å². The van der Waals surface area contributed by atoms with Crippen molar-refractivity contribution in [3.8, 4) is 0 Å². The lowest BCUT2D eigenvalue weighted by Gasteiger charge is -2.34. The molecule has 3 atom stereocenters. The molecule has 1 N–H and O–H groups in total. The number of nitrogens with one attached hydrogen (secondary N) is 1. The third kappa shape index (κ3) is 3.21. The van der Waals surface area contributed by atoms with E-state index in [0.717, 1.165) is 25.6 Å². The minimum absolute atomic E-state index is 0.202. The van der Waals surface area contributed by atoms with Crippen molar-refractivity contribution in [2.24, 2.45) is 0 Å². The maximum absolute atomic E-state index is 5.66. The predicted molar refractivity (Wildman–Crippen MR) is 71.3 cm³/mol. The van der Waals surface area contributed by atoms with Gasteiger partial charge in [0.2, 0.25) is 0 Å². The molecule has 0 spiro atoms. The van der Waals surface area contributed by atoms with Crippen LogP contribution in [-0.2, 0) is 4.74 Å². The van der Waals surface area contributed by atoms with Crippen molar-refractivity contribution in [1.82, 2.24) is 10.2 Å². The van der Waals surface area contributed by atoms with Gasteiger partial charge in [0, 0.05) is 18.2 Å². The standard InChI is InChI=1S/C14H28N2O/c1-12-14(2,8-11-17-12)15-9-7-13-6-4-5-10-16(13)3/h12-13,15H,4-11H2,1-3H3. The second-order valence-corrected chi connectivity index (χ2v) is 6.03. The van der Waals surface area contributed by atoms with Crippen LogP contribution >= 0.6 is 0 Å². The first-order valence-corrected chi connectivity index (χ1v) is 7.19. The van der Waals surface area contributed by atoms with Crippen LogP contribution in [0.5, 0.6) is 0 Å². The zero-order valence-electron chi connectivity index (χ0n) is 11.7. The Morgan fingerprint density at radius 3 is 2.88 bits per heavy atom. The van der Waals surface area contributed by atoms with Crippen molar-refractivity contribution in [1.29, 1.82) is 0 Å². The molecular formula is C14H28N2O. The van der Waals surface area contributed by atoms with Gasteiger partial charge in [-0.25, -0.2) is 0 Å². The van der Waals surface area contributed by atoms with Crippen molar-refractivity contribution in [2.75, 3.05) is 26.7 Å². The van der Waals surface area contributed by atoms with Crippen LogP contribution in [0.1, 0.15) is 46.0 Å². The average molecular weight is 240 g/mol. The highest BCUT2D eigenvalue weighted by atomic mass is 16.5. The Morgan fingerprint density at radius 1 is 1.41 bits per heavy atom. The SMILES string of the molecule is CC1OCCC1(C)NCCC1CCCCN1C. The minimum Gasteiger partial charge on any atom is -0.377 e. The molecule has 2 fully saturated rings. The first-order valence-electron chi connectivity index (χ1n) is 7.19. The Hall–Kier alpha value is -0.120. The highest BCUT2D eigenvalue weighted by Crippen LogP contribution is 2.25. The monoisotopic (exact) mass is 240 g/mol. The van der Waals surface area contributed by atoms with Gasteiger partial charge in [0.1, 0.15) is 0 Å². The molecular weight excluding hydrogens is 212 g/mol. The number of nitrogens with zero attached hydrogens (tertiary/aromatic N) is 1. The van der Waals surface area contributed by atoms with Crippen LogP contribution in [0.15, 0.2) is 0 Å². The molecule has 2 aliphatic rings. The quantitative estimate of drug-likeness (QED) is 0.813. The minimum atomic E-state index is 0.202. The van der Waals surface area contributed by atoms with Crippen molar-refractivity contribution < 1.29 is 4.74 Å². The van der Waals surface area contributed by atoms with Crippen LogP contribution < -0.4 is 5.32 Å². The molecule has 0 aromatic heterocycles. The Kier molecular flexibility index (Phi) is 4.45. The number of hydrogen-bond acceptors (Lipinski definition) is 3. The maximum atomic E-state index is 5.66.